The zero-order valence-electron chi connectivity index (χ0n) is 13.2. The first-order valence-electron chi connectivity index (χ1n) is 8.44. The Morgan fingerprint density at radius 1 is 1.13 bits per heavy atom. The highest BCUT2D eigenvalue weighted by Crippen LogP contribution is 2.44. The van der Waals surface area contributed by atoms with Crippen molar-refractivity contribution in [2.24, 2.45) is 17.6 Å². The van der Waals surface area contributed by atoms with Crippen molar-refractivity contribution in [1.29, 1.82) is 0 Å². The van der Waals surface area contributed by atoms with Crippen LogP contribution >= 0.6 is 0 Å². The Bertz CT molecular complexity index is 470. The van der Waals surface area contributed by atoms with Gasteiger partial charge >= 0.3 is 0 Å². The van der Waals surface area contributed by atoms with Crippen LogP contribution in [0.25, 0.3) is 0 Å². The van der Waals surface area contributed by atoms with Crippen LogP contribution in [0.4, 0.5) is 8.78 Å². The largest absolute Gasteiger partial charge is 0.367 e. The summed E-state index contributed by atoms with van der Waals surface area (Å²) in [5.74, 6) is -2.79. The Morgan fingerprint density at radius 3 is 2.30 bits per heavy atom. The van der Waals surface area contributed by atoms with Crippen LogP contribution in [0.5, 0.6) is 0 Å². The van der Waals surface area contributed by atoms with Gasteiger partial charge in [0.2, 0.25) is 17.7 Å². The number of rotatable bonds is 4. The van der Waals surface area contributed by atoms with Crippen molar-refractivity contribution < 1.29 is 23.1 Å². The lowest BCUT2D eigenvalue weighted by atomic mass is 9.79. The minimum absolute atomic E-state index is 0.00805. The van der Waals surface area contributed by atoms with Crippen LogP contribution in [0, 0.1) is 11.8 Å². The molecule has 7 heteroatoms. The Labute approximate surface area is 134 Å². The van der Waals surface area contributed by atoms with E-state index in [4.69, 9.17) is 10.5 Å². The molecule has 1 aliphatic carbocycles. The molecule has 3 fully saturated rings. The molecule has 2 aliphatic heterocycles. The number of alkyl halides is 2. The predicted molar refractivity (Wildman–Crippen MR) is 78.7 cm³/mol. The molecular weight excluding hydrogens is 306 g/mol. The van der Waals surface area contributed by atoms with E-state index in [9.17, 15) is 18.4 Å². The average Bonchev–Trinajstić information content (AvgIpc) is 2.95. The van der Waals surface area contributed by atoms with E-state index in [0.717, 1.165) is 19.3 Å². The van der Waals surface area contributed by atoms with Crippen molar-refractivity contribution in [3.63, 3.8) is 0 Å². The molecule has 0 aromatic carbocycles. The molecule has 2 amide bonds. The average molecular weight is 330 g/mol. The van der Waals surface area contributed by atoms with Crippen molar-refractivity contribution in [2.75, 3.05) is 13.1 Å². The zero-order valence-corrected chi connectivity index (χ0v) is 13.2. The van der Waals surface area contributed by atoms with Crippen LogP contribution < -0.4 is 5.73 Å². The summed E-state index contributed by atoms with van der Waals surface area (Å²) in [7, 11) is 0. The first-order valence-corrected chi connectivity index (χ1v) is 8.44. The number of halogens is 2. The highest BCUT2D eigenvalue weighted by molar-refractivity contribution is 5.79. The van der Waals surface area contributed by atoms with Crippen molar-refractivity contribution in [3.8, 4) is 0 Å². The normalized spacial score (nSPS) is 31.8. The SMILES string of the molecule is NC(=O)[C@H]1CC[C@@H](C2CCN(C(=O)CC3CC(F)(F)C3)CC2)O1. The van der Waals surface area contributed by atoms with E-state index in [1.165, 1.54) is 0 Å². The number of hydrogen-bond acceptors (Lipinski definition) is 3. The number of ether oxygens (including phenoxy) is 1. The fourth-order valence-corrected chi connectivity index (χ4v) is 4.04. The van der Waals surface area contributed by atoms with E-state index in [1.807, 2.05) is 0 Å². The van der Waals surface area contributed by atoms with Crippen molar-refractivity contribution in [1.82, 2.24) is 4.90 Å². The second kappa shape index (κ2) is 6.34. The third-order valence-electron chi connectivity index (χ3n) is 5.43. The van der Waals surface area contributed by atoms with Crippen molar-refractivity contribution >= 4 is 11.8 Å². The molecule has 0 radical (unpaired) electrons. The van der Waals surface area contributed by atoms with Crippen molar-refractivity contribution in [3.05, 3.63) is 0 Å². The Kier molecular flexibility index (Phi) is 4.58. The third-order valence-corrected chi connectivity index (χ3v) is 5.43. The van der Waals surface area contributed by atoms with Crippen LogP contribution in [-0.2, 0) is 14.3 Å². The number of piperidine rings is 1. The molecule has 0 spiro atoms. The van der Waals surface area contributed by atoms with E-state index < -0.39 is 17.9 Å². The maximum absolute atomic E-state index is 12.8. The lowest BCUT2D eigenvalue weighted by Crippen LogP contribution is -2.44. The second-order valence-electron chi connectivity index (χ2n) is 7.20. The van der Waals surface area contributed by atoms with Gasteiger partial charge in [0.05, 0.1) is 6.10 Å². The smallest absolute Gasteiger partial charge is 0.248 e. The summed E-state index contributed by atoms with van der Waals surface area (Å²) in [4.78, 5) is 25.1. The molecule has 2 heterocycles. The zero-order chi connectivity index (χ0) is 16.6. The quantitative estimate of drug-likeness (QED) is 0.852. The molecule has 23 heavy (non-hydrogen) atoms. The molecule has 3 rings (SSSR count). The topological polar surface area (TPSA) is 72.6 Å². The van der Waals surface area contributed by atoms with Crippen LogP contribution in [0.3, 0.4) is 0 Å². The number of nitrogens with zero attached hydrogens (tertiary/aromatic N) is 1. The van der Waals surface area contributed by atoms with E-state index >= 15 is 0 Å². The Hall–Kier alpha value is -1.24. The number of carbonyl (C=O) groups excluding carboxylic acids is 2. The molecule has 0 bridgehead atoms. The number of amides is 2. The maximum Gasteiger partial charge on any atom is 0.248 e. The van der Waals surface area contributed by atoms with Crippen molar-refractivity contribution in [2.45, 2.75) is 63.1 Å². The molecule has 2 saturated heterocycles. The van der Waals surface area contributed by atoms with Gasteiger partial charge in [0.15, 0.2) is 0 Å². The molecule has 2 atom stereocenters. The fraction of sp³-hybridized carbons (Fsp3) is 0.875. The summed E-state index contributed by atoms with van der Waals surface area (Å²) in [6, 6.07) is 0. The first kappa shape index (κ1) is 16.6. The summed E-state index contributed by atoms with van der Waals surface area (Å²) in [5.41, 5.74) is 5.27. The number of likely N-dealkylation sites (tertiary alicyclic amines) is 1. The molecule has 0 aromatic heterocycles. The Morgan fingerprint density at radius 2 is 1.78 bits per heavy atom. The molecule has 5 nitrogen and oxygen atoms in total. The van der Waals surface area contributed by atoms with Gasteiger partial charge in [-0.05, 0) is 37.5 Å². The lowest BCUT2D eigenvalue weighted by molar-refractivity contribution is -0.143. The minimum Gasteiger partial charge on any atom is -0.367 e. The van der Waals surface area contributed by atoms with Gasteiger partial charge in [0, 0.05) is 32.4 Å². The molecule has 1 saturated carbocycles. The fourth-order valence-electron chi connectivity index (χ4n) is 4.04. The van der Waals surface area contributed by atoms with Gasteiger partial charge in [0.1, 0.15) is 6.10 Å². The maximum atomic E-state index is 12.8. The highest BCUT2D eigenvalue weighted by Gasteiger charge is 2.46. The van der Waals surface area contributed by atoms with Gasteiger partial charge in [-0.2, -0.15) is 0 Å². The minimum atomic E-state index is -2.56. The van der Waals surface area contributed by atoms with Gasteiger partial charge in [0.25, 0.3) is 0 Å². The lowest BCUT2D eigenvalue weighted by Gasteiger charge is -2.38. The van der Waals surface area contributed by atoms with Crippen LogP contribution in [0.15, 0.2) is 0 Å². The van der Waals surface area contributed by atoms with Gasteiger partial charge in [-0.3, -0.25) is 9.59 Å². The van der Waals surface area contributed by atoms with E-state index in [0.29, 0.717) is 25.4 Å². The number of primary amides is 1. The van der Waals surface area contributed by atoms with Crippen LogP contribution in [0.2, 0.25) is 0 Å². The summed E-state index contributed by atoms with van der Waals surface area (Å²) >= 11 is 0. The predicted octanol–water partition coefficient (Wildman–Crippen LogP) is 1.69. The van der Waals surface area contributed by atoms with Gasteiger partial charge in [-0.1, -0.05) is 0 Å². The summed E-state index contributed by atoms with van der Waals surface area (Å²) in [6.07, 6.45) is 2.70. The summed E-state index contributed by atoms with van der Waals surface area (Å²) in [5, 5.41) is 0. The van der Waals surface area contributed by atoms with Crippen LogP contribution in [0.1, 0.15) is 44.9 Å². The summed E-state index contributed by atoms with van der Waals surface area (Å²) in [6.45, 7) is 1.29. The van der Waals surface area contributed by atoms with E-state index in [1.54, 1.807) is 4.90 Å². The van der Waals surface area contributed by atoms with E-state index in [2.05, 4.69) is 0 Å². The number of carbonyl (C=O) groups is 2. The van der Waals surface area contributed by atoms with E-state index in [-0.39, 0.29) is 37.2 Å². The Balaban J connectivity index is 1.40. The standard InChI is InChI=1S/C16H24F2N2O3/c17-16(18)8-10(9-16)7-14(21)20-5-3-11(4-6-20)12-1-2-13(23-12)15(19)22/h10-13H,1-9H2,(H2,19,22)/t12-,13+/m0/s1. The molecule has 0 unspecified atom stereocenters. The third kappa shape index (κ3) is 3.82. The monoisotopic (exact) mass is 330 g/mol. The van der Waals surface area contributed by atoms with Crippen LogP contribution in [-0.4, -0.2) is 47.9 Å². The second-order valence-corrected chi connectivity index (χ2v) is 7.20. The molecule has 0 aromatic rings. The first-order chi connectivity index (χ1) is 10.8. The molecular formula is C16H24F2N2O3. The molecule has 2 N–H and O–H groups in total. The number of nitrogens with two attached hydrogens (primary N) is 1. The van der Waals surface area contributed by atoms with Gasteiger partial charge in [-0.25, -0.2) is 8.78 Å². The summed E-state index contributed by atoms with van der Waals surface area (Å²) < 4.78 is 31.4. The van der Waals surface area contributed by atoms with Gasteiger partial charge in [-0.15, -0.1) is 0 Å². The highest BCUT2D eigenvalue weighted by atomic mass is 19.3. The number of hydrogen-bond donors (Lipinski definition) is 1. The molecule has 130 valence electrons. The molecule has 3 aliphatic rings. The van der Waals surface area contributed by atoms with Gasteiger partial charge < -0.3 is 15.4 Å².